The predicted molar refractivity (Wildman–Crippen MR) is 102 cm³/mol. The molecule has 1 fully saturated rings. The van der Waals surface area contributed by atoms with E-state index in [0.29, 0.717) is 23.0 Å². The third-order valence-corrected chi connectivity index (χ3v) is 5.23. The van der Waals surface area contributed by atoms with Crippen molar-refractivity contribution in [3.8, 4) is 11.5 Å². The zero-order valence-electron chi connectivity index (χ0n) is 16.0. The summed E-state index contributed by atoms with van der Waals surface area (Å²) in [6.07, 6.45) is 2.96. The molecule has 0 spiro atoms. The summed E-state index contributed by atoms with van der Waals surface area (Å²) in [6, 6.07) is 7.65. The van der Waals surface area contributed by atoms with Gasteiger partial charge in [0, 0.05) is 30.3 Å². The lowest BCUT2D eigenvalue weighted by atomic mass is 9.90. The summed E-state index contributed by atoms with van der Waals surface area (Å²) in [5.41, 5.74) is 2.96. The molecule has 1 aromatic carbocycles. The second-order valence-corrected chi connectivity index (χ2v) is 7.99. The van der Waals surface area contributed by atoms with Crippen molar-refractivity contribution >= 4 is 5.78 Å². The SMILES string of the molecule is CC(C)Cc1cc(CN2CCCC(C(=O)c3ccc4c(c3)OCO4)C2)[nH]n1. The van der Waals surface area contributed by atoms with Gasteiger partial charge in [0.05, 0.1) is 5.69 Å². The third kappa shape index (κ3) is 4.16. The van der Waals surface area contributed by atoms with Crippen LogP contribution < -0.4 is 9.47 Å². The molecule has 6 heteroatoms. The van der Waals surface area contributed by atoms with Gasteiger partial charge in [-0.05, 0) is 56.0 Å². The molecule has 0 radical (unpaired) electrons. The predicted octanol–water partition coefficient (Wildman–Crippen LogP) is 3.43. The maximum absolute atomic E-state index is 13.0. The summed E-state index contributed by atoms with van der Waals surface area (Å²) < 4.78 is 10.7. The summed E-state index contributed by atoms with van der Waals surface area (Å²) >= 11 is 0. The smallest absolute Gasteiger partial charge is 0.231 e. The largest absolute Gasteiger partial charge is 0.454 e. The zero-order chi connectivity index (χ0) is 18.8. The van der Waals surface area contributed by atoms with Crippen LogP contribution in [0.4, 0.5) is 0 Å². The van der Waals surface area contributed by atoms with Crippen molar-refractivity contribution < 1.29 is 14.3 Å². The molecule has 1 unspecified atom stereocenters. The van der Waals surface area contributed by atoms with Crippen LogP contribution in [0.3, 0.4) is 0 Å². The number of ketones is 1. The Morgan fingerprint density at radius 1 is 1.30 bits per heavy atom. The Kier molecular flexibility index (Phi) is 5.16. The van der Waals surface area contributed by atoms with Crippen LogP contribution in [0.25, 0.3) is 0 Å². The molecule has 0 aliphatic carbocycles. The topological polar surface area (TPSA) is 67.5 Å². The quantitative estimate of drug-likeness (QED) is 0.790. The molecule has 1 N–H and O–H groups in total. The highest BCUT2D eigenvalue weighted by molar-refractivity contribution is 5.98. The van der Waals surface area contributed by atoms with Crippen LogP contribution in [0.5, 0.6) is 11.5 Å². The number of carbonyl (C=O) groups excluding carboxylic acids is 1. The van der Waals surface area contributed by atoms with Crippen LogP contribution in [-0.2, 0) is 13.0 Å². The van der Waals surface area contributed by atoms with Crippen LogP contribution >= 0.6 is 0 Å². The van der Waals surface area contributed by atoms with E-state index in [1.54, 1.807) is 0 Å². The number of rotatable bonds is 6. The Bertz CT molecular complexity index is 815. The second kappa shape index (κ2) is 7.72. The van der Waals surface area contributed by atoms with E-state index in [9.17, 15) is 4.79 Å². The van der Waals surface area contributed by atoms with Gasteiger partial charge in [0.25, 0.3) is 0 Å². The minimum absolute atomic E-state index is 0.0252. The third-order valence-electron chi connectivity index (χ3n) is 5.23. The van der Waals surface area contributed by atoms with Gasteiger partial charge < -0.3 is 9.47 Å². The molecule has 27 heavy (non-hydrogen) atoms. The number of piperidine rings is 1. The van der Waals surface area contributed by atoms with Crippen molar-refractivity contribution in [3.05, 3.63) is 41.2 Å². The highest BCUT2D eigenvalue weighted by Crippen LogP contribution is 2.34. The molecule has 0 saturated carbocycles. The number of aromatic nitrogens is 2. The van der Waals surface area contributed by atoms with Crippen molar-refractivity contribution in [2.45, 2.75) is 39.7 Å². The van der Waals surface area contributed by atoms with Crippen LogP contribution in [0.15, 0.2) is 24.3 Å². The molecule has 144 valence electrons. The highest BCUT2D eigenvalue weighted by Gasteiger charge is 2.28. The van der Waals surface area contributed by atoms with Crippen LogP contribution in [-0.4, -0.2) is 40.8 Å². The average Bonchev–Trinajstić information content (AvgIpc) is 3.29. The summed E-state index contributed by atoms with van der Waals surface area (Å²) in [5.74, 6) is 2.21. The maximum atomic E-state index is 13.0. The van der Waals surface area contributed by atoms with Crippen molar-refractivity contribution in [2.24, 2.45) is 11.8 Å². The van der Waals surface area contributed by atoms with Gasteiger partial charge in [-0.25, -0.2) is 0 Å². The van der Waals surface area contributed by atoms with Gasteiger partial charge in [0.1, 0.15) is 0 Å². The molecular weight excluding hydrogens is 342 g/mol. The zero-order valence-corrected chi connectivity index (χ0v) is 16.0. The first-order chi connectivity index (χ1) is 13.1. The number of benzene rings is 1. The molecule has 3 heterocycles. The van der Waals surface area contributed by atoms with E-state index in [0.717, 1.165) is 50.3 Å². The van der Waals surface area contributed by atoms with E-state index in [-0.39, 0.29) is 18.5 Å². The first kappa shape index (κ1) is 18.0. The Labute approximate surface area is 159 Å². The monoisotopic (exact) mass is 369 g/mol. The lowest BCUT2D eigenvalue weighted by molar-refractivity contribution is 0.0809. The molecule has 0 amide bonds. The fraction of sp³-hybridized carbons (Fsp3) is 0.524. The lowest BCUT2D eigenvalue weighted by Gasteiger charge is -2.31. The van der Waals surface area contributed by atoms with E-state index in [1.165, 1.54) is 0 Å². The fourth-order valence-corrected chi connectivity index (χ4v) is 3.95. The standard InChI is InChI=1S/C21H27N3O3/c1-14(2)8-17-10-18(23-22-17)12-24-7-3-4-16(11-24)21(25)15-5-6-19-20(9-15)27-13-26-19/h5-6,9-10,14,16H,3-4,7-8,11-13H2,1-2H3,(H,22,23). The average molecular weight is 369 g/mol. The number of hydrogen-bond acceptors (Lipinski definition) is 5. The normalized spacial score (nSPS) is 19.6. The van der Waals surface area contributed by atoms with Crippen LogP contribution in [0, 0.1) is 11.8 Å². The number of fused-ring (bicyclic) bond motifs is 1. The number of ether oxygens (including phenoxy) is 2. The van der Waals surface area contributed by atoms with Crippen LogP contribution in [0.1, 0.15) is 48.4 Å². The lowest BCUT2D eigenvalue weighted by Crippen LogP contribution is -2.38. The molecule has 2 aromatic rings. The van der Waals surface area contributed by atoms with Gasteiger partial charge in [0.2, 0.25) is 6.79 Å². The summed E-state index contributed by atoms with van der Waals surface area (Å²) in [7, 11) is 0. The highest BCUT2D eigenvalue weighted by atomic mass is 16.7. The molecule has 0 bridgehead atoms. The molecule has 2 aliphatic heterocycles. The van der Waals surface area contributed by atoms with Gasteiger partial charge in [-0.2, -0.15) is 5.10 Å². The first-order valence-corrected chi connectivity index (χ1v) is 9.78. The van der Waals surface area contributed by atoms with E-state index in [4.69, 9.17) is 9.47 Å². The number of H-pyrrole nitrogens is 1. The molecule has 2 aliphatic rings. The number of Topliss-reactive ketones (excluding diaryl/α,β-unsaturated/α-hetero) is 1. The van der Waals surface area contributed by atoms with Gasteiger partial charge in [-0.3, -0.25) is 14.8 Å². The Morgan fingerprint density at radius 2 is 2.15 bits per heavy atom. The minimum atomic E-state index is 0.0252. The van der Waals surface area contributed by atoms with Crippen molar-refractivity contribution in [2.75, 3.05) is 19.9 Å². The molecule has 1 aromatic heterocycles. The van der Waals surface area contributed by atoms with Gasteiger partial charge >= 0.3 is 0 Å². The Balaban J connectivity index is 1.39. The van der Waals surface area contributed by atoms with Crippen molar-refractivity contribution in [1.82, 2.24) is 15.1 Å². The number of likely N-dealkylation sites (tertiary alicyclic amines) is 1. The van der Waals surface area contributed by atoms with Gasteiger partial charge in [-0.15, -0.1) is 0 Å². The van der Waals surface area contributed by atoms with Crippen LogP contribution in [0.2, 0.25) is 0 Å². The van der Waals surface area contributed by atoms with Crippen molar-refractivity contribution in [1.29, 1.82) is 0 Å². The van der Waals surface area contributed by atoms with E-state index in [2.05, 4.69) is 35.0 Å². The minimum Gasteiger partial charge on any atom is -0.454 e. The summed E-state index contributed by atoms with van der Waals surface area (Å²) in [6.45, 7) is 7.25. The number of aromatic amines is 1. The molecule has 4 rings (SSSR count). The second-order valence-electron chi connectivity index (χ2n) is 7.99. The number of nitrogens with zero attached hydrogens (tertiary/aromatic N) is 2. The fourth-order valence-electron chi connectivity index (χ4n) is 3.95. The van der Waals surface area contributed by atoms with E-state index >= 15 is 0 Å². The van der Waals surface area contributed by atoms with E-state index < -0.39 is 0 Å². The van der Waals surface area contributed by atoms with Crippen molar-refractivity contribution in [3.63, 3.8) is 0 Å². The summed E-state index contributed by atoms with van der Waals surface area (Å²) in [5, 5.41) is 7.57. The van der Waals surface area contributed by atoms with Gasteiger partial charge in [-0.1, -0.05) is 13.8 Å². The molecular formula is C21H27N3O3. The number of hydrogen-bond donors (Lipinski definition) is 1. The number of carbonyl (C=O) groups is 1. The van der Waals surface area contributed by atoms with Gasteiger partial charge in [0.15, 0.2) is 17.3 Å². The maximum Gasteiger partial charge on any atom is 0.231 e. The Morgan fingerprint density at radius 3 is 3.00 bits per heavy atom. The molecule has 1 atom stereocenters. The number of nitrogens with one attached hydrogen (secondary N) is 1. The molecule has 1 saturated heterocycles. The van der Waals surface area contributed by atoms with E-state index in [1.807, 2.05) is 18.2 Å². The first-order valence-electron chi connectivity index (χ1n) is 9.78. The summed E-state index contributed by atoms with van der Waals surface area (Å²) in [4.78, 5) is 15.3. The Hall–Kier alpha value is -2.34. The molecule has 6 nitrogen and oxygen atoms in total.